The summed E-state index contributed by atoms with van der Waals surface area (Å²) in [5.74, 6) is 1.06. The molecule has 1 aliphatic heterocycles. The third-order valence-electron chi connectivity index (χ3n) is 7.40. The molecule has 3 rings (SSSR count). The molecule has 0 aromatic heterocycles. The summed E-state index contributed by atoms with van der Waals surface area (Å²) in [7, 11) is 0. The zero-order chi connectivity index (χ0) is 23.5. The quantitative estimate of drug-likeness (QED) is 0.330. The van der Waals surface area contributed by atoms with Crippen molar-refractivity contribution in [3.05, 3.63) is 0 Å². The molecule has 0 aromatic carbocycles. The van der Waals surface area contributed by atoms with E-state index in [1.54, 1.807) is 0 Å². The maximum absolute atomic E-state index is 10.0. The van der Waals surface area contributed by atoms with Gasteiger partial charge in [0.15, 0.2) is 0 Å². The first-order chi connectivity index (χ1) is 15.3. The predicted molar refractivity (Wildman–Crippen MR) is 121 cm³/mol. The second-order valence-corrected chi connectivity index (χ2v) is 9.84. The number of rotatable bonds is 9. The minimum atomic E-state index is -1.17. The number of aliphatic hydroxyl groups excluding tert-OH is 4. The van der Waals surface area contributed by atoms with Crippen LogP contribution in [0.25, 0.3) is 0 Å². The lowest BCUT2D eigenvalue weighted by atomic mass is 9.70. The second kappa shape index (κ2) is 14.5. The van der Waals surface area contributed by atoms with Gasteiger partial charge in [0.1, 0.15) is 12.2 Å². The molecule has 2 aliphatic carbocycles. The highest BCUT2D eigenvalue weighted by Gasteiger charge is 2.40. The van der Waals surface area contributed by atoms with Crippen molar-refractivity contribution < 1.29 is 35.1 Å². The minimum absolute atomic E-state index is 0.206. The van der Waals surface area contributed by atoms with E-state index in [0.717, 1.165) is 57.6 Å². The molecule has 5 N–H and O–H groups in total. The minimum Gasteiger partial charge on any atom is -0.481 e. The summed E-state index contributed by atoms with van der Waals surface area (Å²) in [5, 5.41) is 46.5. The Morgan fingerprint density at radius 1 is 0.938 bits per heavy atom. The summed E-state index contributed by atoms with van der Waals surface area (Å²) < 4.78 is 6.17. The number of piperidine rings is 1. The average Bonchev–Trinajstić information content (AvgIpc) is 2.76. The lowest BCUT2D eigenvalue weighted by molar-refractivity contribution is -0.145. The number of carboxylic acid groups (broad SMARTS) is 1. The number of carboxylic acids is 1. The van der Waals surface area contributed by atoms with E-state index < -0.39 is 30.3 Å². The van der Waals surface area contributed by atoms with Gasteiger partial charge in [-0.25, -0.2) is 0 Å². The topological polar surface area (TPSA) is 131 Å². The number of hydrogen-bond donors (Lipinski definition) is 5. The fraction of sp³-hybridized carbons (Fsp3) is 0.958. The van der Waals surface area contributed by atoms with Crippen LogP contribution in [0.3, 0.4) is 0 Å². The lowest BCUT2D eigenvalue weighted by Gasteiger charge is -2.43. The molecular formula is C24H45NO7. The molecule has 0 amide bonds. The molecule has 7 atom stereocenters. The van der Waals surface area contributed by atoms with E-state index in [9.17, 15) is 20.4 Å². The number of fused-ring (bicyclic) bond motifs is 1. The molecule has 8 heteroatoms. The van der Waals surface area contributed by atoms with Gasteiger partial charge in [-0.3, -0.25) is 9.69 Å². The van der Waals surface area contributed by atoms with Crippen molar-refractivity contribution in [3.63, 3.8) is 0 Å². The van der Waals surface area contributed by atoms with E-state index in [1.165, 1.54) is 44.9 Å². The van der Waals surface area contributed by atoms with Crippen molar-refractivity contribution in [2.24, 2.45) is 11.8 Å². The fourth-order valence-electron chi connectivity index (χ4n) is 5.64. The first kappa shape index (κ1) is 27.5. The molecule has 0 radical (unpaired) electrons. The van der Waals surface area contributed by atoms with Crippen molar-refractivity contribution in [1.82, 2.24) is 4.90 Å². The van der Waals surface area contributed by atoms with E-state index in [4.69, 9.17) is 14.6 Å². The largest absolute Gasteiger partial charge is 0.481 e. The Bertz CT molecular complexity index is 530. The van der Waals surface area contributed by atoms with Gasteiger partial charge in [0.2, 0.25) is 0 Å². The van der Waals surface area contributed by atoms with Crippen molar-refractivity contribution in [2.45, 2.75) is 108 Å². The number of likely N-dealkylation sites (tertiary alicyclic amines) is 1. The smallest absolute Gasteiger partial charge is 0.300 e. The summed E-state index contributed by atoms with van der Waals surface area (Å²) in [4.78, 5) is 10.9. The van der Waals surface area contributed by atoms with Gasteiger partial charge in [-0.1, -0.05) is 38.5 Å². The van der Waals surface area contributed by atoms with Crippen LogP contribution in [0.15, 0.2) is 0 Å². The van der Waals surface area contributed by atoms with Crippen LogP contribution in [0.4, 0.5) is 0 Å². The maximum Gasteiger partial charge on any atom is 0.300 e. The van der Waals surface area contributed by atoms with Gasteiger partial charge in [0.05, 0.1) is 24.9 Å². The van der Waals surface area contributed by atoms with Gasteiger partial charge in [0.25, 0.3) is 5.97 Å². The van der Waals surface area contributed by atoms with Gasteiger partial charge in [-0.05, 0) is 50.5 Å². The Balaban J connectivity index is 0.000000837. The van der Waals surface area contributed by atoms with Gasteiger partial charge in [-0.2, -0.15) is 0 Å². The number of ether oxygens (including phenoxy) is 1. The van der Waals surface area contributed by atoms with E-state index in [-0.39, 0.29) is 6.61 Å². The third kappa shape index (κ3) is 8.88. The highest BCUT2D eigenvalue weighted by atomic mass is 16.5. The van der Waals surface area contributed by atoms with Crippen LogP contribution in [0.1, 0.15) is 77.6 Å². The summed E-state index contributed by atoms with van der Waals surface area (Å²) in [6.07, 6.45) is 11.1. The van der Waals surface area contributed by atoms with Crippen LogP contribution < -0.4 is 0 Å². The Kier molecular flexibility index (Phi) is 12.4. The van der Waals surface area contributed by atoms with Gasteiger partial charge in [-0.15, -0.1) is 0 Å². The molecule has 3 aliphatic rings. The van der Waals surface area contributed by atoms with Crippen molar-refractivity contribution in [1.29, 1.82) is 0 Å². The molecule has 188 valence electrons. The average molecular weight is 460 g/mol. The van der Waals surface area contributed by atoms with E-state index in [2.05, 4.69) is 0 Å². The fourth-order valence-corrected chi connectivity index (χ4v) is 5.64. The number of carbonyl (C=O) groups is 1. The number of aliphatic hydroxyl groups is 4. The Morgan fingerprint density at radius 2 is 1.59 bits per heavy atom. The standard InChI is InChI=1S/C22H41NO5.C2H4O2/c24-15-19-21(26)22(27)20(25)14-23(19)11-5-1-2-6-12-28-18-10-9-16-7-3-4-8-17(16)13-18;1-2(3)4/h16-22,24-27H,1-15H2;1H3,(H,3,4)/t16?,17?,18?,19-,20+,21-,22-;/m1./s1. The highest BCUT2D eigenvalue weighted by molar-refractivity contribution is 5.62. The van der Waals surface area contributed by atoms with Crippen molar-refractivity contribution in [3.8, 4) is 0 Å². The molecule has 32 heavy (non-hydrogen) atoms. The number of β-amino-alcohol motifs (C(OH)–C–C–N with tert-alkyl or cyclic N) is 1. The first-order valence-electron chi connectivity index (χ1n) is 12.5. The first-order valence-corrected chi connectivity index (χ1v) is 12.5. The highest BCUT2D eigenvalue weighted by Crippen LogP contribution is 2.41. The number of unbranched alkanes of at least 4 members (excludes halogenated alkanes) is 3. The number of aliphatic carboxylic acids is 1. The molecule has 3 unspecified atom stereocenters. The van der Waals surface area contributed by atoms with Gasteiger partial charge in [0, 0.05) is 20.1 Å². The molecule has 0 spiro atoms. The van der Waals surface area contributed by atoms with Gasteiger partial charge < -0.3 is 30.3 Å². The number of hydrogen-bond acceptors (Lipinski definition) is 7. The summed E-state index contributed by atoms with van der Waals surface area (Å²) in [6.45, 7) is 2.76. The maximum atomic E-state index is 10.0. The van der Waals surface area contributed by atoms with Crippen LogP contribution >= 0.6 is 0 Å². The van der Waals surface area contributed by atoms with E-state index in [0.29, 0.717) is 12.6 Å². The zero-order valence-electron chi connectivity index (χ0n) is 19.6. The third-order valence-corrected chi connectivity index (χ3v) is 7.40. The van der Waals surface area contributed by atoms with Crippen LogP contribution in [0.2, 0.25) is 0 Å². The molecule has 3 fully saturated rings. The predicted octanol–water partition coefficient (Wildman–Crippen LogP) is 1.77. The molecule has 8 nitrogen and oxygen atoms in total. The van der Waals surface area contributed by atoms with Crippen molar-refractivity contribution >= 4 is 5.97 Å². The van der Waals surface area contributed by atoms with Crippen molar-refractivity contribution in [2.75, 3.05) is 26.3 Å². The Hall–Kier alpha value is -0.770. The lowest BCUT2D eigenvalue weighted by Crippen LogP contribution is -2.62. The summed E-state index contributed by atoms with van der Waals surface area (Å²) in [5.41, 5.74) is 0. The second-order valence-electron chi connectivity index (χ2n) is 9.84. The zero-order valence-corrected chi connectivity index (χ0v) is 19.6. The van der Waals surface area contributed by atoms with Crippen LogP contribution in [-0.4, -0.2) is 93.2 Å². The van der Waals surface area contributed by atoms with Crippen LogP contribution in [0, 0.1) is 11.8 Å². The Morgan fingerprint density at radius 3 is 2.28 bits per heavy atom. The molecule has 0 bridgehead atoms. The number of nitrogens with zero attached hydrogens (tertiary/aromatic N) is 1. The summed E-state index contributed by atoms with van der Waals surface area (Å²) in [6, 6.07) is -0.489. The van der Waals surface area contributed by atoms with E-state index in [1.807, 2.05) is 4.90 Å². The van der Waals surface area contributed by atoms with Crippen LogP contribution in [0.5, 0.6) is 0 Å². The molecule has 0 aromatic rings. The molecule has 1 heterocycles. The Labute approximate surface area is 192 Å². The normalized spacial score (nSPS) is 35.5. The summed E-state index contributed by atoms with van der Waals surface area (Å²) >= 11 is 0. The molecule has 1 saturated heterocycles. The monoisotopic (exact) mass is 459 g/mol. The van der Waals surface area contributed by atoms with Gasteiger partial charge >= 0.3 is 0 Å². The molecule has 2 saturated carbocycles. The van der Waals surface area contributed by atoms with Crippen LogP contribution in [-0.2, 0) is 9.53 Å². The molecular weight excluding hydrogens is 414 g/mol. The van der Waals surface area contributed by atoms with E-state index >= 15 is 0 Å². The SMILES string of the molecule is CC(=O)O.OC[C@@H]1[C@@H](O)[C@H](O)[C@@H](O)CN1CCCCCCOC1CCC2CCCCC2C1.